The Bertz CT molecular complexity index is 653. The van der Waals surface area contributed by atoms with Crippen molar-refractivity contribution in [3.63, 3.8) is 0 Å². The molecule has 3 nitrogen and oxygen atoms in total. The molecule has 0 radical (unpaired) electrons. The number of hydrogen-bond acceptors (Lipinski definition) is 2. The summed E-state index contributed by atoms with van der Waals surface area (Å²) in [6.07, 6.45) is 3.06. The van der Waals surface area contributed by atoms with Crippen LogP contribution in [0, 0.1) is 5.82 Å². The predicted molar refractivity (Wildman–Crippen MR) is 80.3 cm³/mol. The van der Waals surface area contributed by atoms with Crippen LogP contribution in [-0.4, -0.2) is 13.0 Å². The van der Waals surface area contributed by atoms with E-state index in [1.165, 1.54) is 12.1 Å². The topological polar surface area (TPSA) is 38.3 Å². The maximum absolute atomic E-state index is 13.4. The monoisotopic (exact) mass is 285 g/mol. The van der Waals surface area contributed by atoms with Gasteiger partial charge in [0, 0.05) is 23.7 Å². The molecule has 1 N–H and O–H groups in total. The van der Waals surface area contributed by atoms with Gasteiger partial charge in [0.1, 0.15) is 11.6 Å². The lowest BCUT2D eigenvalue weighted by Gasteiger charge is -2.05. The minimum Gasteiger partial charge on any atom is -0.496 e. The number of halogens is 1. The summed E-state index contributed by atoms with van der Waals surface area (Å²) in [7, 11) is 1.57. The number of rotatable bonds is 5. The Morgan fingerprint density at radius 1 is 1.19 bits per heavy atom. The largest absolute Gasteiger partial charge is 0.496 e. The number of nitrogens with one attached hydrogen (secondary N) is 1. The lowest BCUT2D eigenvalue weighted by Crippen LogP contribution is -2.20. The summed E-state index contributed by atoms with van der Waals surface area (Å²) >= 11 is 0. The highest BCUT2D eigenvalue weighted by Gasteiger charge is 2.02. The smallest absolute Gasteiger partial charge is 0.244 e. The number of ether oxygens (including phenoxy) is 1. The number of carbonyl (C=O) groups is 1. The summed E-state index contributed by atoms with van der Waals surface area (Å²) in [5, 5.41) is 2.64. The number of methoxy groups -OCH3 is 1. The van der Waals surface area contributed by atoms with Crippen molar-refractivity contribution in [2.24, 2.45) is 0 Å². The zero-order chi connectivity index (χ0) is 15.1. The van der Waals surface area contributed by atoms with Gasteiger partial charge in [-0.25, -0.2) is 4.39 Å². The van der Waals surface area contributed by atoms with Gasteiger partial charge in [0.05, 0.1) is 7.11 Å². The third-order valence-electron chi connectivity index (χ3n) is 2.96. The molecule has 0 atom stereocenters. The Hall–Kier alpha value is -2.62. The van der Waals surface area contributed by atoms with E-state index in [1.54, 1.807) is 31.4 Å². The molecule has 2 rings (SSSR count). The minimum atomic E-state index is -0.327. The van der Waals surface area contributed by atoms with Gasteiger partial charge in [0.2, 0.25) is 5.91 Å². The lowest BCUT2D eigenvalue weighted by atomic mass is 10.2. The van der Waals surface area contributed by atoms with Crippen molar-refractivity contribution in [1.29, 1.82) is 0 Å². The molecule has 0 aliphatic carbocycles. The first-order valence-corrected chi connectivity index (χ1v) is 6.53. The summed E-state index contributed by atoms with van der Waals surface area (Å²) in [6, 6.07) is 13.7. The summed E-state index contributed by atoms with van der Waals surface area (Å²) in [6.45, 7) is 0.155. The summed E-state index contributed by atoms with van der Waals surface area (Å²) in [4.78, 5) is 11.7. The van der Waals surface area contributed by atoms with Crippen molar-refractivity contribution >= 4 is 12.0 Å². The summed E-state index contributed by atoms with van der Waals surface area (Å²) < 4.78 is 18.6. The van der Waals surface area contributed by atoms with Gasteiger partial charge in [-0.05, 0) is 18.2 Å². The van der Waals surface area contributed by atoms with Crippen LogP contribution in [0.25, 0.3) is 6.08 Å². The van der Waals surface area contributed by atoms with Crippen molar-refractivity contribution in [3.05, 3.63) is 71.6 Å². The fourth-order valence-electron chi connectivity index (χ4n) is 1.85. The summed E-state index contributed by atoms with van der Waals surface area (Å²) in [5.41, 5.74) is 1.26. The van der Waals surface area contributed by atoms with Crippen molar-refractivity contribution < 1.29 is 13.9 Å². The van der Waals surface area contributed by atoms with Crippen LogP contribution in [0.15, 0.2) is 54.6 Å². The van der Waals surface area contributed by atoms with Crippen molar-refractivity contribution in [2.75, 3.05) is 7.11 Å². The fraction of sp³-hybridized carbons (Fsp3) is 0.118. The number of hydrogen-bond donors (Lipinski definition) is 1. The lowest BCUT2D eigenvalue weighted by molar-refractivity contribution is -0.116. The molecule has 0 bridgehead atoms. The molecule has 4 heteroatoms. The third-order valence-corrected chi connectivity index (χ3v) is 2.96. The molecule has 0 unspecified atom stereocenters. The Morgan fingerprint density at radius 2 is 1.90 bits per heavy atom. The molecule has 0 heterocycles. The number of benzene rings is 2. The zero-order valence-corrected chi connectivity index (χ0v) is 11.7. The fourth-order valence-corrected chi connectivity index (χ4v) is 1.85. The Kier molecular flexibility index (Phi) is 5.10. The normalized spacial score (nSPS) is 10.6. The quantitative estimate of drug-likeness (QED) is 0.857. The number of para-hydroxylation sites is 1. The average Bonchev–Trinajstić information content (AvgIpc) is 2.52. The molecule has 0 saturated carbocycles. The van der Waals surface area contributed by atoms with E-state index in [2.05, 4.69) is 5.32 Å². The Morgan fingerprint density at radius 3 is 2.67 bits per heavy atom. The van der Waals surface area contributed by atoms with Gasteiger partial charge < -0.3 is 10.1 Å². The van der Waals surface area contributed by atoms with Crippen LogP contribution in [-0.2, 0) is 11.3 Å². The van der Waals surface area contributed by atoms with Crippen LogP contribution in [0.2, 0.25) is 0 Å². The highest BCUT2D eigenvalue weighted by molar-refractivity contribution is 5.92. The number of amides is 1. The van der Waals surface area contributed by atoms with Crippen LogP contribution in [0.4, 0.5) is 4.39 Å². The van der Waals surface area contributed by atoms with E-state index in [0.717, 1.165) is 5.56 Å². The van der Waals surface area contributed by atoms with E-state index in [-0.39, 0.29) is 18.3 Å². The van der Waals surface area contributed by atoms with Gasteiger partial charge in [-0.2, -0.15) is 0 Å². The molecule has 0 saturated heterocycles. The Balaban J connectivity index is 1.96. The number of carbonyl (C=O) groups excluding carboxylic acids is 1. The van der Waals surface area contributed by atoms with Gasteiger partial charge in [0.15, 0.2) is 0 Å². The molecule has 2 aromatic carbocycles. The second kappa shape index (κ2) is 7.24. The van der Waals surface area contributed by atoms with Crippen LogP contribution in [0.3, 0.4) is 0 Å². The first-order valence-electron chi connectivity index (χ1n) is 6.53. The van der Waals surface area contributed by atoms with E-state index >= 15 is 0 Å². The second-order valence-corrected chi connectivity index (χ2v) is 4.38. The van der Waals surface area contributed by atoms with Gasteiger partial charge in [-0.3, -0.25) is 4.79 Å². The molecule has 0 aliphatic heterocycles. The van der Waals surface area contributed by atoms with Gasteiger partial charge in [0.25, 0.3) is 0 Å². The molecule has 0 aromatic heterocycles. The molecule has 0 aliphatic rings. The molecule has 0 spiro atoms. The van der Waals surface area contributed by atoms with Crippen molar-refractivity contribution in [1.82, 2.24) is 5.32 Å². The molecule has 108 valence electrons. The molecule has 1 amide bonds. The molecule has 0 fully saturated rings. The standard InChI is InChI=1S/C17H16FNO2/c1-21-16-9-5-3-6-13(16)10-11-17(20)19-12-14-7-2-4-8-15(14)18/h2-11H,12H2,1H3,(H,19,20). The molecular formula is C17H16FNO2. The van der Waals surface area contributed by atoms with Gasteiger partial charge >= 0.3 is 0 Å². The highest BCUT2D eigenvalue weighted by atomic mass is 19.1. The first-order chi connectivity index (χ1) is 10.2. The highest BCUT2D eigenvalue weighted by Crippen LogP contribution is 2.18. The van der Waals surface area contributed by atoms with Crippen LogP contribution < -0.4 is 10.1 Å². The third kappa shape index (κ3) is 4.18. The van der Waals surface area contributed by atoms with E-state index in [1.807, 2.05) is 24.3 Å². The second-order valence-electron chi connectivity index (χ2n) is 4.38. The first kappa shape index (κ1) is 14.8. The average molecular weight is 285 g/mol. The van der Waals surface area contributed by atoms with E-state index in [4.69, 9.17) is 4.74 Å². The van der Waals surface area contributed by atoms with Crippen LogP contribution >= 0.6 is 0 Å². The van der Waals surface area contributed by atoms with Gasteiger partial charge in [-0.1, -0.05) is 36.4 Å². The van der Waals surface area contributed by atoms with Crippen molar-refractivity contribution in [3.8, 4) is 5.75 Å². The molecule has 21 heavy (non-hydrogen) atoms. The van der Waals surface area contributed by atoms with Crippen molar-refractivity contribution in [2.45, 2.75) is 6.54 Å². The van der Waals surface area contributed by atoms with E-state index < -0.39 is 0 Å². The molecule has 2 aromatic rings. The molecular weight excluding hydrogens is 269 g/mol. The van der Waals surface area contributed by atoms with Crippen LogP contribution in [0.1, 0.15) is 11.1 Å². The van der Waals surface area contributed by atoms with E-state index in [9.17, 15) is 9.18 Å². The van der Waals surface area contributed by atoms with Crippen LogP contribution in [0.5, 0.6) is 5.75 Å². The van der Waals surface area contributed by atoms with E-state index in [0.29, 0.717) is 11.3 Å². The van der Waals surface area contributed by atoms with Gasteiger partial charge in [-0.15, -0.1) is 0 Å². The zero-order valence-electron chi connectivity index (χ0n) is 11.7. The predicted octanol–water partition coefficient (Wildman–Crippen LogP) is 3.16. The Labute approximate surface area is 123 Å². The maximum atomic E-state index is 13.4. The minimum absolute atomic E-state index is 0.155. The summed E-state index contributed by atoms with van der Waals surface area (Å²) in [5.74, 6) is 0.0753. The SMILES string of the molecule is COc1ccccc1C=CC(=O)NCc1ccccc1F. The maximum Gasteiger partial charge on any atom is 0.244 e.